The smallest absolute Gasteiger partial charge is 0.272 e. The third kappa shape index (κ3) is 3.45. The highest BCUT2D eigenvalue weighted by Gasteiger charge is 2.11. The minimum absolute atomic E-state index is 0.186. The van der Waals surface area contributed by atoms with Crippen LogP contribution in [0.4, 0.5) is 0 Å². The van der Waals surface area contributed by atoms with Gasteiger partial charge in [-0.3, -0.25) is 4.79 Å². The van der Waals surface area contributed by atoms with Crippen LogP contribution in [0.1, 0.15) is 33.5 Å². The van der Waals surface area contributed by atoms with E-state index in [4.69, 9.17) is 4.42 Å². The van der Waals surface area contributed by atoms with Crippen molar-refractivity contribution < 1.29 is 9.21 Å². The van der Waals surface area contributed by atoms with Crippen molar-refractivity contribution in [3.8, 4) is 0 Å². The molecule has 0 aliphatic carbocycles. The molecule has 2 heterocycles. The molecule has 0 aliphatic heterocycles. The number of carbonyl (C=O) groups is 1. The first-order valence-electron chi connectivity index (χ1n) is 6.18. The van der Waals surface area contributed by atoms with Gasteiger partial charge in [0.2, 0.25) is 0 Å². The third-order valence-corrected chi connectivity index (χ3v) is 3.89. The maximum absolute atomic E-state index is 11.9. The van der Waals surface area contributed by atoms with Crippen molar-refractivity contribution >= 4 is 29.5 Å². The first-order chi connectivity index (χ1) is 9.58. The Kier molecular flexibility index (Phi) is 4.53. The summed E-state index contributed by atoms with van der Waals surface area (Å²) in [6.45, 7) is 5.82. The summed E-state index contributed by atoms with van der Waals surface area (Å²) in [5.41, 5.74) is 5.10. The fourth-order valence-electron chi connectivity index (χ4n) is 1.63. The lowest BCUT2D eigenvalue weighted by atomic mass is 10.2. The second kappa shape index (κ2) is 6.34. The van der Waals surface area contributed by atoms with Crippen molar-refractivity contribution in [2.75, 3.05) is 0 Å². The number of allylic oxidation sites excluding steroid dienone is 1. The minimum atomic E-state index is -0.186. The van der Waals surface area contributed by atoms with E-state index in [0.29, 0.717) is 5.56 Å². The van der Waals surface area contributed by atoms with Crippen LogP contribution in [-0.4, -0.2) is 12.1 Å². The average Bonchev–Trinajstić information content (AvgIpc) is 3.01. The molecule has 0 saturated heterocycles. The van der Waals surface area contributed by atoms with E-state index in [1.807, 2.05) is 44.4 Å². The molecular weight excluding hydrogens is 272 g/mol. The summed E-state index contributed by atoms with van der Waals surface area (Å²) in [4.78, 5) is 13.1. The molecule has 0 radical (unpaired) electrons. The summed E-state index contributed by atoms with van der Waals surface area (Å²) in [5, 5.41) is 5.80. The van der Waals surface area contributed by atoms with E-state index >= 15 is 0 Å². The summed E-state index contributed by atoms with van der Waals surface area (Å²) in [6.07, 6.45) is 5.05. The van der Waals surface area contributed by atoms with Gasteiger partial charge in [0, 0.05) is 10.3 Å². The van der Waals surface area contributed by atoms with Crippen molar-refractivity contribution in [3.05, 3.63) is 51.1 Å². The van der Waals surface area contributed by atoms with Crippen LogP contribution in [0.2, 0.25) is 0 Å². The molecule has 5 heteroatoms. The Morgan fingerprint density at radius 2 is 2.25 bits per heavy atom. The molecule has 0 aliphatic rings. The third-order valence-electron chi connectivity index (χ3n) is 2.88. The summed E-state index contributed by atoms with van der Waals surface area (Å²) >= 11 is 1.57. The number of hydrogen-bond donors (Lipinski definition) is 1. The summed E-state index contributed by atoms with van der Waals surface area (Å²) in [7, 11) is 0. The molecule has 0 unspecified atom stereocenters. The summed E-state index contributed by atoms with van der Waals surface area (Å²) in [5.74, 6) is 0.568. The van der Waals surface area contributed by atoms with Crippen molar-refractivity contribution in [2.45, 2.75) is 20.8 Å². The molecule has 0 atom stereocenters. The van der Waals surface area contributed by atoms with Gasteiger partial charge in [-0.2, -0.15) is 5.10 Å². The number of amides is 1. The molecule has 0 spiro atoms. The number of nitrogens with zero attached hydrogens (tertiary/aromatic N) is 1. The van der Waals surface area contributed by atoms with Gasteiger partial charge in [-0.15, -0.1) is 11.3 Å². The number of hydrazone groups is 1. The van der Waals surface area contributed by atoms with Crippen LogP contribution >= 0.6 is 11.3 Å². The minimum Gasteiger partial charge on any atom is -0.465 e. The zero-order valence-electron chi connectivity index (χ0n) is 11.6. The maximum Gasteiger partial charge on any atom is 0.272 e. The number of hydrogen-bond acceptors (Lipinski definition) is 4. The molecular formula is C15H16N2O2S. The van der Waals surface area contributed by atoms with Crippen molar-refractivity contribution in [1.29, 1.82) is 0 Å². The van der Waals surface area contributed by atoms with Gasteiger partial charge < -0.3 is 4.42 Å². The van der Waals surface area contributed by atoms with Crippen LogP contribution < -0.4 is 5.43 Å². The van der Waals surface area contributed by atoms with Crippen LogP contribution in [0, 0.1) is 13.8 Å². The van der Waals surface area contributed by atoms with Crippen LogP contribution in [0.25, 0.3) is 6.08 Å². The quantitative estimate of drug-likeness (QED) is 0.687. The fourth-order valence-corrected chi connectivity index (χ4v) is 2.49. The van der Waals surface area contributed by atoms with Gasteiger partial charge in [0.05, 0.1) is 18.0 Å². The first kappa shape index (κ1) is 14.3. The predicted octanol–water partition coefficient (Wildman–Crippen LogP) is 3.78. The molecule has 0 fully saturated rings. The van der Waals surface area contributed by atoms with E-state index in [9.17, 15) is 4.79 Å². The van der Waals surface area contributed by atoms with E-state index in [1.165, 1.54) is 0 Å². The lowest BCUT2D eigenvalue weighted by Crippen LogP contribution is -2.17. The lowest BCUT2D eigenvalue weighted by molar-refractivity contribution is 0.0955. The first-order valence-corrected chi connectivity index (χ1v) is 7.06. The van der Waals surface area contributed by atoms with Gasteiger partial charge in [-0.05, 0) is 50.1 Å². The zero-order chi connectivity index (χ0) is 14.5. The number of thiophene rings is 1. The number of carbonyl (C=O) groups excluding carboxylic acids is 1. The number of furan rings is 1. The van der Waals surface area contributed by atoms with Gasteiger partial charge in [0.15, 0.2) is 0 Å². The molecule has 104 valence electrons. The number of aryl methyl sites for hydroxylation is 1. The molecule has 0 saturated carbocycles. The van der Waals surface area contributed by atoms with Crippen LogP contribution in [0.5, 0.6) is 0 Å². The highest BCUT2D eigenvalue weighted by atomic mass is 32.1. The Balaban J connectivity index is 1.96. The molecule has 2 aromatic rings. The number of rotatable bonds is 4. The Morgan fingerprint density at radius 3 is 2.85 bits per heavy atom. The Hall–Kier alpha value is -2.14. The standard InChI is InChI=1S/C15H16N2O2S/c1-10(7-13-5-4-6-19-13)8-16-17-15(18)14-9-20-12(3)11(14)2/h4-9H,1-3H3,(H,17,18). The Morgan fingerprint density at radius 1 is 1.45 bits per heavy atom. The molecule has 1 N–H and O–H groups in total. The van der Waals surface area contributed by atoms with Crippen LogP contribution in [0.3, 0.4) is 0 Å². The normalized spacial score (nSPS) is 12.1. The lowest BCUT2D eigenvalue weighted by Gasteiger charge is -1.99. The van der Waals surface area contributed by atoms with E-state index in [-0.39, 0.29) is 5.91 Å². The molecule has 4 nitrogen and oxygen atoms in total. The van der Waals surface area contributed by atoms with Gasteiger partial charge in [-0.25, -0.2) is 5.43 Å². The predicted molar refractivity (Wildman–Crippen MR) is 82.1 cm³/mol. The maximum atomic E-state index is 11.9. The van der Waals surface area contributed by atoms with Gasteiger partial charge in [-0.1, -0.05) is 0 Å². The zero-order valence-corrected chi connectivity index (χ0v) is 12.5. The molecule has 2 aromatic heterocycles. The highest BCUT2D eigenvalue weighted by Crippen LogP contribution is 2.20. The van der Waals surface area contributed by atoms with Crippen LogP contribution in [-0.2, 0) is 0 Å². The van der Waals surface area contributed by atoms with E-state index in [1.54, 1.807) is 23.8 Å². The van der Waals surface area contributed by atoms with Gasteiger partial charge >= 0.3 is 0 Å². The Bertz CT molecular complexity index is 651. The molecule has 0 aromatic carbocycles. The summed E-state index contributed by atoms with van der Waals surface area (Å²) < 4.78 is 5.20. The molecule has 0 bridgehead atoms. The molecule has 2 rings (SSSR count). The fraction of sp³-hybridized carbons (Fsp3) is 0.200. The van der Waals surface area contributed by atoms with E-state index in [0.717, 1.165) is 21.8 Å². The molecule has 20 heavy (non-hydrogen) atoms. The van der Waals surface area contributed by atoms with E-state index < -0.39 is 0 Å². The second-order valence-electron chi connectivity index (χ2n) is 4.43. The van der Waals surface area contributed by atoms with Crippen molar-refractivity contribution in [3.63, 3.8) is 0 Å². The largest absolute Gasteiger partial charge is 0.465 e. The molecule has 1 amide bonds. The monoisotopic (exact) mass is 288 g/mol. The van der Waals surface area contributed by atoms with E-state index in [2.05, 4.69) is 10.5 Å². The Labute approximate surface area is 121 Å². The SMILES string of the molecule is CC(C=NNC(=O)c1csc(C)c1C)=Cc1ccco1. The summed E-state index contributed by atoms with van der Waals surface area (Å²) in [6, 6.07) is 3.67. The van der Waals surface area contributed by atoms with Crippen LogP contribution in [0.15, 0.2) is 38.9 Å². The van der Waals surface area contributed by atoms with Gasteiger partial charge in [0.1, 0.15) is 5.76 Å². The average molecular weight is 288 g/mol. The van der Waals surface area contributed by atoms with Gasteiger partial charge in [0.25, 0.3) is 5.91 Å². The topological polar surface area (TPSA) is 54.6 Å². The number of nitrogens with one attached hydrogen (secondary N) is 1. The van der Waals surface area contributed by atoms with Crippen molar-refractivity contribution in [2.24, 2.45) is 5.10 Å². The highest BCUT2D eigenvalue weighted by molar-refractivity contribution is 7.10. The van der Waals surface area contributed by atoms with Crippen molar-refractivity contribution in [1.82, 2.24) is 5.43 Å². The second-order valence-corrected chi connectivity index (χ2v) is 5.52.